The Morgan fingerprint density at radius 3 is 2.89 bits per heavy atom. The summed E-state index contributed by atoms with van der Waals surface area (Å²) in [6, 6.07) is 0.462. The summed E-state index contributed by atoms with van der Waals surface area (Å²) in [6.45, 7) is 5.42. The number of nitrogens with zero attached hydrogens (tertiary/aromatic N) is 3. The van der Waals surface area contributed by atoms with Gasteiger partial charge in [-0.25, -0.2) is 9.97 Å². The van der Waals surface area contributed by atoms with Gasteiger partial charge in [0.15, 0.2) is 0 Å². The number of aromatic nitrogens is 2. The Kier molecular flexibility index (Phi) is 3.97. The molecule has 1 unspecified atom stereocenters. The molecule has 1 saturated heterocycles. The van der Waals surface area contributed by atoms with Gasteiger partial charge in [-0.3, -0.25) is 0 Å². The molecule has 1 aliphatic carbocycles. The fourth-order valence-corrected chi connectivity index (χ4v) is 3.24. The summed E-state index contributed by atoms with van der Waals surface area (Å²) in [6.07, 6.45) is 9.54. The molecule has 0 amide bonds. The first-order valence-corrected chi connectivity index (χ1v) is 7.72. The summed E-state index contributed by atoms with van der Waals surface area (Å²) < 4.78 is 0. The maximum atomic E-state index is 4.84. The standard InChI is InChI=1S/C15H24N4/c1-2-16-13-7-6-8-14-12(13)11-17-15(18-14)19-9-4-3-5-10-19/h11,13,16H,2-10H2,1H3. The number of fused-ring (bicyclic) bond motifs is 1. The maximum Gasteiger partial charge on any atom is 0.225 e. The van der Waals surface area contributed by atoms with Crippen LogP contribution in [0.3, 0.4) is 0 Å². The molecule has 0 bridgehead atoms. The van der Waals surface area contributed by atoms with E-state index in [1.807, 2.05) is 0 Å². The van der Waals surface area contributed by atoms with Crippen LogP contribution >= 0.6 is 0 Å². The van der Waals surface area contributed by atoms with Crippen LogP contribution in [0.5, 0.6) is 0 Å². The molecule has 2 aliphatic rings. The number of rotatable bonds is 3. The zero-order valence-corrected chi connectivity index (χ0v) is 11.9. The van der Waals surface area contributed by atoms with E-state index < -0.39 is 0 Å². The Balaban J connectivity index is 1.82. The van der Waals surface area contributed by atoms with Crippen molar-refractivity contribution in [2.45, 2.75) is 51.5 Å². The summed E-state index contributed by atoms with van der Waals surface area (Å²) >= 11 is 0. The van der Waals surface area contributed by atoms with E-state index in [4.69, 9.17) is 4.98 Å². The van der Waals surface area contributed by atoms with E-state index in [0.717, 1.165) is 32.0 Å². The largest absolute Gasteiger partial charge is 0.341 e. The molecule has 1 aromatic rings. The van der Waals surface area contributed by atoms with Gasteiger partial charge in [0.2, 0.25) is 5.95 Å². The number of hydrogen-bond acceptors (Lipinski definition) is 4. The molecule has 0 radical (unpaired) electrons. The SMILES string of the molecule is CCNC1CCCc2nc(N3CCCCC3)ncc21. The Morgan fingerprint density at radius 2 is 2.11 bits per heavy atom. The average molecular weight is 260 g/mol. The molecule has 19 heavy (non-hydrogen) atoms. The monoisotopic (exact) mass is 260 g/mol. The predicted molar refractivity (Wildman–Crippen MR) is 77.5 cm³/mol. The molecule has 1 fully saturated rings. The molecular weight excluding hydrogens is 236 g/mol. The molecule has 2 heterocycles. The van der Waals surface area contributed by atoms with Crippen molar-refractivity contribution in [1.29, 1.82) is 0 Å². The number of piperidine rings is 1. The molecule has 104 valence electrons. The van der Waals surface area contributed by atoms with Crippen molar-refractivity contribution in [2.75, 3.05) is 24.5 Å². The lowest BCUT2D eigenvalue weighted by atomic mass is 9.92. The zero-order valence-electron chi connectivity index (χ0n) is 11.9. The Hall–Kier alpha value is -1.16. The van der Waals surface area contributed by atoms with Gasteiger partial charge in [0, 0.05) is 30.9 Å². The van der Waals surface area contributed by atoms with E-state index in [1.165, 1.54) is 43.4 Å². The molecule has 0 aromatic carbocycles. The zero-order chi connectivity index (χ0) is 13.1. The second kappa shape index (κ2) is 5.87. The highest BCUT2D eigenvalue weighted by Gasteiger charge is 2.23. The molecule has 1 N–H and O–H groups in total. The summed E-state index contributed by atoms with van der Waals surface area (Å²) in [5.74, 6) is 0.954. The van der Waals surface area contributed by atoms with E-state index >= 15 is 0 Å². The minimum Gasteiger partial charge on any atom is -0.341 e. The third-order valence-corrected chi connectivity index (χ3v) is 4.26. The molecule has 1 aromatic heterocycles. The maximum absolute atomic E-state index is 4.84. The third kappa shape index (κ3) is 2.73. The van der Waals surface area contributed by atoms with Crippen LogP contribution in [0.15, 0.2) is 6.20 Å². The van der Waals surface area contributed by atoms with Crippen LogP contribution in [-0.2, 0) is 6.42 Å². The minimum atomic E-state index is 0.462. The molecular formula is C15H24N4. The first-order valence-electron chi connectivity index (χ1n) is 7.72. The average Bonchev–Trinajstić information content (AvgIpc) is 2.48. The number of hydrogen-bond donors (Lipinski definition) is 1. The third-order valence-electron chi connectivity index (χ3n) is 4.26. The summed E-state index contributed by atoms with van der Waals surface area (Å²) in [4.78, 5) is 11.8. The Labute approximate surface area is 115 Å². The second-order valence-corrected chi connectivity index (χ2v) is 5.62. The number of nitrogens with one attached hydrogen (secondary N) is 1. The normalized spacial score (nSPS) is 23.2. The predicted octanol–water partition coefficient (Wildman–Crippen LogP) is 2.45. The fraction of sp³-hybridized carbons (Fsp3) is 0.733. The second-order valence-electron chi connectivity index (χ2n) is 5.62. The van der Waals surface area contributed by atoms with Gasteiger partial charge in [0.05, 0.1) is 5.69 Å². The van der Waals surface area contributed by atoms with Gasteiger partial charge in [-0.2, -0.15) is 0 Å². The quantitative estimate of drug-likeness (QED) is 0.906. The lowest BCUT2D eigenvalue weighted by Crippen LogP contribution is -2.32. The van der Waals surface area contributed by atoms with Gasteiger partial charge in [-0.05, 0) is 45.1 Å². The highest BCUT2D eigenvalue weighted by atomic mass is 15.2. The van der Waals surface area contributed by atoms with Crippen LogP contribution in [-0.4, -0.2) is 29.6 Å². The summed E-state index contributed by atoms with van der Waals surface area (Å²) in [5.41, 5.74) is 2.60. The molecule has 1 atom stereocenters. The van der Waals surface area contributed by atoms with Crippen LogP contribution in [0.1, 0.15) is 56.3 Å². The van der Waals surface area contributed by atoms with Crippen LogP contribution in [0.25, 0.3) is 0 Å². The van der Waals surface area contributed by atoms with Crippen molar-refractivity contribution >= 4 is 5.95 Å². The molecule has 4 nitrogen and oxygen atoms in total. The van der Waals surface area contributed by atoms with Gasteiger partial charge in [0.1, 0.15) is 0 Å². The highest BCUT2D eigenvalue weighted by molar-refractivity contribution is 5.35. The summed E-state index contributed by atoms with van der Waals surface area (Å²) in [5, 5.41) is 3.55. The first kappa shape index (κ1) is 12.9. The van der Waals surface area contributed by atoms with Crippen LogP contribution in [0, 0.1) is 0 Å². The highest BCUT2D eigenvalue weighted by Crippen LogP contribution is 2.29. The van der Waals surface area contributed by atoms with Gasteiger partial charge < -0.3 is 10.2 Å². The molecule has 4 heteroatoms. The van der Waals surface area contributed by atoms with E-state index in [0.29, 0.717) is 6.04 Å². The van der Waals surface area contributed by atoms with Gasteiger partial charge in [0.25, 0.3) is 0 Å². The van der Waals surface area contributed by atoms with Gasteiger partial charge in [-0.15, -0.1) is 0 Å². The number of anilines is 1. The van der Waals surface area contributed by atoms with Crippen LogP contribution in [0.4, 0.5) is 5.95 Å². The van der Waals surface area contributed by atoms with Crippen molar-refractivity contribution in [3.8, 4) is 0 Å². The smallest absolute Gasteiger partial charge is 0.225 e. The Bertz CT molecular complexity index is 426. The molecule has 0 saturated carbocycles. The summed E-state index contributed by atoms with van der Waals surface area (Å²) in [7, 11) is 0. The van der Waals surface area contributed by atoms with E-state index in [1.54, 1.807) is 0 Å². The minimum absolute atomic E-state index is 0.462. The molecule has 0 spiro atoms. The molecule has 1 aliphatic heterocycles. The lowest BCUT2D eigenvalue weighted by Gasteiger charge is -2.29. The van der Waals surface area contributed by atoms with Crippen molar-refractivity contribution in [2.24, 2.45) is 0 Å². The van der Waals surface area contributed by atoms with Crippen LogP contribution < -0.4 is 10.2 Å². The Morgan fingerprint density at radius 1 is 1.26 bits per heavy atom. The van der Waals surface area contributed by atoms with E-state index in [9.17, 15) is 0 Å². The fourth-order valence-electron chi connectivity index (χ4n) is 3.24. The molecule has 3 rings (SSSR count). The first-order chi connectivity index (χ1) is 9.38. The topological polar surface area (TPSA) is 41.1 Å². The van der Waals surface area contributed by atoms with Crippen LogP contribution in [0.2, 0.25) is 0 Å². The van der Waals surface area contributed by atoms with Crippen molar-refractivity contribution in [3.05, 3.63) is 17.5 Å². The van der Waals surface area contributed by atoms with Crippen molar-refractivity contribution < 1.29 is 0 Å². The lowest BCUT2D eigenvalue weighted by molar-refractivity contribution is 0.463. The number of aryl methyl sites for hydroxylation is 1. The van der Waals surface area contributed by atoms with E-state index in [2.05, 4.69) is 28.3 Å². The van der Waals surface area contributed by atoms with Crippen molar-refractivity contribution in [1.82, 2.24) is 15.3 Å². The van der Waals surface area contributed by atoms with Crippen molar-refractivity contribution in [3.63, 3.8) is 0 Å². The van der Waals surface area contributed by atoms with Gasteiger partial charge in [-0.1, -0.05) is 6.92 Å². The van der Waals surface area contributed by atoms with Gasteiger partial charge >= 0.3 is 0 Å². The van der Waals surface area contributed by atoms with E-state index in [-0.39, 0.29) is 0 Å².